The molecule has 1 saturated heterocycles. The Morgan fingerprint density at radius 2 is 1.85 bits per heavy atom. The average Bonchev–Trinajstić information content (AvgIpc) is 3.27. The lowest BCUT2D eigenvalue weighted by atomic mass is 9.90. The molecule has 33 heavy (non-hydrogen) atoms. The van der Waals surface area contributed by atoms with Crippen molar-refractivity contribution in [3.8, 4) is 0 Å². The van der Waals surface area contributed by atoms with E-state index in [1.165, 1.54) is 21.8 Å². The van der Waals surface area contributed by atoms with Gasteiger partial charge in [-0.3, -0.25) is 18.9 Å². The number of carbonyl (C=O) groups excluding carboxylic acids is 1. The SMILES string of the molecule is NS(=O)(=O)c1cc(C(=O)N2CCN(Cc3cc(=O)n4ccsc4n3)CC2)cc2c1CCCC2. The van der Waals surface area contributed by atoms with Crippen LogP contribution in [0, 0.1) is 0 Å². The van der Waals surface area contributed by atoms with Crippen molar-refractivity contribution in [3.63, 3.8) is 0 Å². The lowest BCUT2D eigenvalue weighted by molar-refractivity contribution is 0.0626. The molecule has 1 aromatic carbocycles. The summed E-state index contributed by atoms with van der Waals surface area (Å²) in [7, 11) is -3.90. The number of piperazine rings is 1. The van der Waals surface area contributed by atoms with Crippen LogP contribution < -0.4 is 10.7 Å². The number of primary sulfonamides is 1. The quantitative estimate of drug-likeness (QED) is 0.592. The number of amides is 1. The topological polar surface area (TPSA) is 118 Å². The molecule has 3 aromatic rings. The summed E-state index contributed by atoms with van der Waals surface area (Å²) in [4.78, 5) is 34.6. The molecule has 9 nitrogen and oxygen atoms in total. The summed E-state index contributed by atoms with van der Waals surface area (Å²) in [6, 6.07) is 4.84. The molecule has 2 aliphatic rings. The Labute approximate surface area is 195 Å². The molecule has 1 amide bonds. The molecule has 5 rings (SSSR count). The minimum absolute atomic E-state index is 0.0861. The number of aromatic nitrogens is 2. The van der Waals surface area contributed by atoms with Crippen molar-refractivity contribution in [2.24, 2.45) is 5.14 Å². The van der Waals surface area contributed by atoms with Gasteiger partial charge in [0.1, 0.15) is 0 Å². The van der Waals surface area contributed by atoms with Crippen molar-refractivity contribution >= 4 is 32.2 Å². The maximum absolute atomic E-state index is 13.2. The first kappa shape index (κ1) is 22.2. The summed E-state index contributed by atoms with van der Waals surface area (Å²) < 4.78 is 25.9. The molecule has 11 heteroatoms. The van der Waals surface area contributed by atoms with Crippen LogP contribution >= 0.6 is 11.3 Å². The maximum atomic E-state index is 13.2. The van der Waals surface area contributed by atoms with Crippen molar-refractivity contribution in [2.75, 3.05) is 26.2 Å². The van der Waals surface area contributed by atoms with E-state index in [0.29, 0.717) is 49.7 Å². The fourth-order valence-electron chi connectivity index (χ4n) is 4.69. The van der Waals surface area contributed by atoms with Gasteiger partial charge >= 0.3 is 0 Å². The van der Waals surface area contributed by atoms with Crippen molar-refractivity contribution in [3.05, 3.63) is 62.5 Å². The van der Waals surface area contributed by atoms with Crippen LogP contribution in [0.15, 0.2) is 39.5 Å². The first-order valence-corrected chi connectivity index (χ1v) is 13.4. The third-order valence-corrected chi connectivity index (χ3v) is 8.11. The van der Waals surface area contributed by atoms with Crippen molar-refractivity contribution < 1.29 is 13.2 Å². The number of hydrogen-bond acceptors (Lipinski definition) is 7. The van der Waals surface area contributed by atoms with Crippen LogP contribution in [0.2, 0.25) is 0 Å². The molecule has 1 aliphatic carbocycles. The Bertz CT molecular complexity index is 1390. The first-order valence-electron chi connectivity index (χ1n) is 11.0. The molecular weight excluding hydrogens is 462 g/mol. The number of sulfonamides is 1. The zero-order chi connectivity index (χ0) is 23.2. The Morgan fingerprint density at radius 3 is 2.61 bits per heavy atom. The summed E-state index contributed by atoms with van der Waals surface area (Å²) >= 11 is 1.42. The molecule has 0 saturated carbocycles. The van der Waals surface area contributed by atoms with E-state index in [9.17, 15) is 18.0 Å². The molecule has 0 bridgehead atoms. The number of rotatable bonds is 4. The van der Waals surface area contributed by atoms with Gasteiger partial charge < -0.3 is 4.90 Å². The molecule has 0 spiro atoms. The first-order chi connectivity index (χ1) is 15.8. The van der Waals surface area contributed by atoms with Crippen LogP contribution in [-0.2, 0) is 29.4 Å². The zero-order valence-electron chi connectivity index (χ0n) is 18.1. The number of nitrogens with zero attached hydrogens (tertiary/aromatic N) is 4. The van der Waals surface area contributed by atoms with Crippen LogP contribution in [0.25, 0.3) is 4.96 Å². The highest BCUT2D eigenvalue weighted by molar-refractivity contribution is 7.89. The lowest BCUT2D eigenvalue weighted by Crippen LogP contribution is -2.48. The van der Waals surface area contributed by atoms with Crippen LogP contribution in [0.5, 0.6) is 0 Å². The van der Waals surface area contributed by atoms with Gasteiger partial charge in [-0.05, 0) is 48.9 Å². The fourth-order valence-corrected chi connectivity index (χ4v) is 6.30. The summed E-state index contributed by atoms with van der Waals surface area (Å²) in [5, 5.41) is 7.30. The number of nitrogens with two attached hydrogens (primary N) is 1. The van der Waals surface area contributed by atoms with Crippen molar-refractivity contribution in [1.29, 1.82) is 0 Å². The van der Waals surface area contributed by atoms with Crippen LogP contribution in [0.3, 0.4) is 0 Å². The molecule has 0 radical (unpaired) electrons. The maximum Gasteiger partial charge on any atom is 0.258 e. The summed E-state index contributed by atoms with van der Waals surface area (Å²) in [6.45, 7) is 2.86. The molecule has 3 heterocycles. The van der Waals surface area contributed by atoms with Gasteiger partial charge in [-0.15, -0.1) is 11.3 Å². The van der Waals surface area contributed by atoms with Crippen LogP contribution in [0.4, 0.5) is 0 Å². The van der Waals surface area contributed by atoms with Gasteiger partial charge in [-0.2, -0.15) is 0 Å². The molecule has 2 N–H and O–H groups in total. The van der Waals surface area contributed by atoms with Gasteiger partial charge in [0.25, 0.3) is 11.5 Å². The second-order valence-corrected chi connectivity index (χ2v) is 11.0. The van der Waals surface area contributed by atoms with E-state index in [-0.39, 0.29) is 16.4 Å². The van der Waals surface area contributed by atoms with Gasteiger partial charge in [0.05, 0.1) is 10.6 Å². The van der Waals surface area contributed by atoms with E-state index >= 15 is 0 Å². The van der Waals surface area contributed by atoms with Gasteiger partial charge in [0, 0.05) is 55.9 Å². The predicted molar refractivity (Wildman–Crippen MR) is 125 cm³/mol. The van der Waals surface area contributed by atoms with E-state index < -0.39 is 10.0 Å². The highest BCUT2D eigenvalue weighted by Crippen LogP contribution is 2.29. The largest absolute Gasteiger partial charge is 0.336 e. The number of benzene rings is 1. The minimum Gasteiger partial charge on any atom is -0.336 e. The van der Waals surface area contributed by atoms with Gasteiger partial charge in [-0.1, -0.05) is 0 Å². The third-order valence-electron chi connectivity index (χ3n) is 6.38. The van der Waals surface area contributed by atoms with E-state index in [1.54, 1.807) is 17.2 Å². The monoisotopic (exact) mass is 487 g/mol. The zero-order valence-corrected chi connectivity index (χ0v) is 19.7. The smallest absolute Gasteiger partial charge is 0.258 e. The molecule has 1 fully saturated rings. The number of thiazole rings is 1. The van der Waals surface area contributed by atoms with Crippen LogP contribution in [0.1, 0.15) is 40.0 Å². The Morgan fingerprint density at radius 1 is 1.09 bits per heavy atom. The van der Waals surface area contributed by atoms with Gasteiger partial charge in [-0.25, -0.2) is 18.5 Å². The van der Waals surface area contributed by atoms with Gasteiger partial charge in [0.2, 0.25) is 10.0 Å². The normalized spacial score (nSPS) is 17.3. The number of aryl methyl sites for hydroxylation is 1. The molecule has 0 atom stereocenters. The molecule has 0 unspecified atom stereocenters. The standard InChI is InChI=1S/C22H25N5O4S2/c23-33(30,31)19-12-16(11-15-3-1-2-4-18(15)19)21(29)26-7-5-25(6-8-26)14-17-13-20(28)27-9-10-32-22(27)24-17/h9-13H,1-8,14H2,(H2,23,30,31). The average molecular weight is 488 g/mol. The predicted octanol–water partition coefficient (Wildman–Crippen LogP) is 1.24. The van der Waals surface area contributed by atoms with Crippen molar-refractivity contribution in [2.45, 2.75) is 37.1 Å². The highest BCUT2D eigenvalue weighted by atomic mass is 32.2. The second kappa shape index (κ2) is 8.64. The van der Waals surface area contributed by atoms with E-state index in [1.807, 2.05) is 11.4 Å². The fraction of sp³-hybridized carbons (Fsp3) is 0.409. The molecular formula is C22H25N5O4S2. The van der Waals surface area contributed by atoms with E-state index in [0.717, 1.165) is 36.1 Å². The lowest BCUT2D eigenvalue weighted by Gasteiger charge is -2.34. The molecule has 174 valence electrons. The summed E-state index contributed by atoms with van der Waals surface area (Å²) in [5.74, 6) is -0.177. The number of fused-ring (bicyclic) bond motifs is 2. The van der Waals surface area contributed by atoms with Crippen LogP contribution in [-0.4, -0.2) is 59.7 Å². The number of carbonyl (C=O) groups is 1. The van der Waals surface area contributed by atoms with E-state index in [4.69, 9.17) is 5.14 Å². The Kier molecular flexibility index (Phi) is 5.81. The summed E-state index contributed by atoms with van der Waals surface area (Å²) in [5.41, 5.74) is 2.68. The molecule has 2 aromatic heterocycles. The minimum atomic E-state index is -3.90. The second-order valence-electron chi connectivity index (χ2n) is 8.57. The summed E-state index contributed by atoms with van der Waals surface area (Å²) in [6.07, 6.45) is 5.04. The number of hydrogen-bond donors (Lipinski definition) is 1. The third kappa shape index (κ3) is 4.45. The van der Waals surface area contributed by atoms with E-state index in [2.05, 4.69) is 9.88 Å². The van der Waals surface area contributed by atoms with Crippen molar-refractivity contribution in [1.82, 2.24) is 19.2 Å². The molecule has 1 aliphatic heterocycles. The van der Waals surface area contributed by atoms with Gasteiger partial charge in [0.15, 0.2) is 4.96 Å². The highest BCUT2D eigenvalue weighted by Gasteiger charge is 2.27. The Hall–Kier alpha value is -2.60. The Balaban J connectivity index is 1.30.